The summed E-state index contributed by atoms with van der Waals surface area (Å²) >= 11 is 6.20. The number of ether oxygens (including phenoxy) is 1. The van der Waals surface area contributed by atoms with Gasteiger partial charge in [0, 0.05) is 49.4 Å². The van der Waals surface area contributed by atoms with Crippen molar-refractivity contribution >= 4 is 17.5 Å². The molecule has 2 atom stereocenters. The molecule has 2 aliphatic heterocycles. The number of nitrogens with zero attached hydrogens (tertiary/aromatic N) is 2. The number of amides is 1. The molecule has 0 unspecified atom stereocenters. The third-order valence-corrected chi connectivity index (χ3v) is 6.05. The molecular weight excluding hydrogens is 352 g/mol. The molecule has 0 aromatic heterocycles. The standard InChI is InChI=1S/C20H29ClN2O3/c1-15-4-5-16(13-18(15)21)20(25)23-7-6-19(17(14-23)3-2-10-24)22-8-11-26-12-9-22/h4-5,13,17,19,24H,2-3,6-12,14H2,1H3/t17-,19+/m1/s1. The Labute approximate surface area is 160 Å². The normalized spacial score (nSPS) is 24.7. The van der Waals surface area contributed by atoms with Crippen LogP contribution in [0.3, 0.4) is 0 Å². The first-order valence-electron chi connectivity index (χ1n) is 9.58. The van der Waals surface area contributed by atoms with Crippen molar-refractivity contribution in [3.8, 4) is 0 Å². The number of carbonyl (C=O) groups excluding carboxylic acids is 1. The van der Waals surface area contributed by atoms with Gasteiger partial charge in [-0.25, -0.2) is 0 Å². The molecule has 6 heteroatoms. The average Bonchev–Trinajstić information content (AvgIpc) is 2.68. The highest BCUT2D eigenvalue weighted by Gasteiger charge is 2.35. The molecule has 2 heterocycles. The summed E-state index contributed by atoms with van der Waals surface area (Å²) in [7, 11) is 0. The Morgan fingerprint density at radius 3 is 2.77 bits per heavy atom. The Bertz CT molecular complexity index is 619. The van der Waals surface area contributed by atoms with Crippen LogP contribution in [0.2, 0.25) is 5.02 Å². The summed E-state index contributed by atoms with van der Waals surface area (Å²) in [6.07, 6.45) is 2.70. The molecule has 1 N–H and O–H groups in total. The SMILES string of the molecule is Cc1ccc(C(=O)N2CC[C@H](N3CCOCC3)[C@H](CCCO)C2)cc1Cl. The highest BCUT2D eigenvalue weighted by atomic mass is 35.5. The molecule has 0 aliphatic carbocycles. The maximum atomic E-state index is 12.9. The van der Waals surface area contributed by atoms with Gasteiger partial charge in [-0.3, -0.25) is 9.69 Å². The first kappa shape index (κ1) is 19.6. The molecule has 5 nitrogen and oxygen atoms in total. The van der Waals surface area contributed by atoms with Gasteiger partial charge < -0.3 is 14.7 Å². The molecule has 26 heavy (non-hydrogen) atoms. The summed E-state index contributed by atoms with van der Waals surface area (Å²) in [6.45, 7) is 7.14. The van der Waals surface area contributed by atoms with E-state index in [1.54, 1.807) is 6.07 Å². The Hall–Kier alpha value is -1.14. The number of halogens is 1. The minimum absolute atomic E-state index is 0.0568. The van der Waals surface area contributed by atoms with Gasteiger partial charge in [0.1, 0.15) is 0 Å². The maximum absolute atomic E-state index is 12.9. The number of rotatable bonds is 5. The van der Waals surface area contributed by atoms with Crippen molar-refractivity contribution in [3.63, 3.8) is 0 Å². The van der Waals surface area contributed by atoms with E-state index in [-0.39, 0.29) is 12.5 Å². The lowest BCUT2D eigenvalue weighted by Gasteiger charge is -2.45. The fraction of sp³-hybridized carbons (Fsp3) is 0.650. The molecule has 144 valence electrons. The Morgan fingerprint density at radius 1 is 1.31 bits per heavy atom. The molecule has 0 bridgehead atoms. The van der Waals surface area contributed by atoms with E-state index in [1.165, 1.54) is 0 Å². The number of carbonyl (C=O) groups is 1. The number of benzene rings is 1. The van der Waals surface area contributed by atoms with Crippen LogP contribution in [0.5, 0.6) is 0 Å². The van der Waals surface area contributed by atoms with Gasteiger partial charge in [0.15, 0.2) is 0 Å². The van der Waals surface area contributed by atoms with E-state index in [9.17, 15) is 9.90 Å². The lowest BCUT2D eigenvalue weighted by atomic mass is 9.86. The monoisotopic (exact) mass is 380 g/mol. The van der Waals surface area contributed by atoms with Crippen molar-refractivity contribution in [3.05, 3.63) is 34.3 Å². The van der Waals surface area contributed by atoms with Crippen molar-refractivity contribution in [2.45, 2.75) is 32.2 Å². The number of hydrogen-bond donors (Lipinski definition) is 1. The van der Waals surface area contributed by atoms with Gasteiger partial charge in [-0.15, -0.1) is 0 Å². The quantitative estimate of drug-likeness (QED) is 0.853. The summed E-state index contributed by atoms with van der Waals surface area (Å²) in [5.41, 5.74) is 1.64. The molecule has 1 aromatic carbocycles. The van der Waals surface area contributed by atoms with Crippen LogP contribution < -0.4 is 0 Å². The van der Waals surface area contributed by atoms with Gasteiger partial charge >= 0.3 is 0 Å². The smallest absolute Gasteiger partial charge is 0.253 e. The molecule has 1 amide bonds. The van der Waals surface area contributed by atoms with Crippen molar-refractivity contribution in [1.82, 2.24) is 9.80 Å². The van der Waals surface area contributed by atoms with Crippen LogP contribution in [0.4, 0.5) is 0 Å². The summed E-state index contributed by atoms with van der Waals surface area (Å²) in [5, 5.41) is 9.91. The van der Waals surface area contributed by atoms with Gasteiger partial charge in [-0.05, 0) is 49.8 Å². The fourth-order valence-corrected chi connectivity index (χ4v) is 4.32. The maximum Gasteiger partial charge on any atom is 0.253 e. The predicted molar refractivity (Wildman–Crippen MR) is 103 cm³/mol. The molecule has 2 saturated heterocycles. The number of aryl methyl sites for hydroxylation is 1. The van der Waals surface area contributed by atoms with E-state index in [2.05, 4.69) is 4.90 Å². The summed E-state index contributed by atoms with van der Waals surface area (Å²) < 4.78 is 5.49. The van der Waals surface area contributed by atoms with Crippen LogP contribution in [-0.4, -0.2) is 72.9 Å². The summed E-state index contributed by atoms with van der Waals surface area (Å²) in [6, 6.07) is 6.01. The number of hydrogen-bond acceptors (Lipinski definition) is 4. The molecule has 0 spiro atoms. The number of aliphatic hydroxyl groups is 1. The van der Waals surface area contributed by atoms with E-state index < -0.39 is 0 Å². The number of aliphatic hydroxyl groups excluding tert-OH is 1. The van der Waals surface area contributed by atoms with Crippen LogP contribution >= 0.6 is 11.6 Å². The van der Waals surface area contributed by atoms with E-state index in [0.29, 0.717) is 22.5 Å². The highest BCUT2D eigenvalue weighted by Crippen LogP contribution is 2.28. The average molecular weight is 381 g/mol. The molecule has 2 fully saturated rings. The largest absolute Gasteiger partial charge is 0.396 e. The third-order valence-electron chi connectivity index (χ3n) is 5.65. The van der Waals surface area contributed by atoms with Gasteiger partial charge in [-0.2, -0.15) is 0 Å². The second-order valence-corrected chi connectivity index (χ2v) is 7.75. The van der Waals surface area contributed by atoms with Crippen LogP contribution in [0.25, 0.3) is 0 Å². The van der Waals surface area contributed by atoms with E-state index >= 15 is 0 Å². The zero-order valence-corrected chi connectivity index (χ0v) is 16.2. The van der Waals surface area contributed by atoms with Crippen LogP contribution in [-0.2, 0) is 4.74 Å². The van der Waals surface area contributed by atoms with Gasteiger partial charge in [-0.1, -0.05) is 17.7 Å². The molecule has 0 radical (unpaired) electrons. The molecular formula is C20H29ClN2O3. The number of likely N-dealkylation sites (tertiary alicyclic amines) is 1. The van der Waals surface area contributed by atoms with Crippen molar-refractivity contribution in [2.75, 3.05) is 46.0 Å². The van der Waals surface area contributed by atoms with E-state index in [0.717, 1.165) is 64.2 Å². The first-order chi connectivity index (χ1) is 12.6. The minimum atomic E-state index is 0.0568. The number of piperidine rings is 1. The van der Waals surface area contributed by atoms with Crippen LogP contribution in [0.1, 0.15) is 35.2 Å². The van der Waals surface area contributed by atoms with Crippen LogP contribution in [0.15, 0.2) is 18.2 Å². The van der Waals surface area contributed by atoms with Gasteiger partial charge in [0.05, 0.1) is 13.2 Å². The molecule has 2 aliphatic rings. The van der Waals surface area contributed by atoms with Crippen molar-refractivity contribution in [1.29, 1.82) is 0 Å². The van der Waals surface area contributed by atoms with E-state index in [4.69, 9.17) is 16.3 Å². The first-order valence-corrected chi connectivity index (χ1v) is 9.96. The van der Waals surface area contributed by atoms with Gasteiger partial charge in [0.2, 0.25) is 0 Å². The number of morpholine rings is 1. The lowest BCUT2D eigenvalue weighted by Crippen LogP contribution is -2.55. The fourth-order valence-electron chi connectivity index (χ4n) is 4.14. The van der Waals surface area contributed by atoms with Crippen LogP contribution in [0, 0.1) is 12.8 Å². The van der Waals surface area contributed by atoms with Crippen molar-refractivity contribution < 1.29 is 14.6 Å². The predicted octanol–water partition coefficient (Wildman–Crippen LogP) is 2.58. The molecule has 3 rings (SSSR count). The lowest BCUT2D eigenvalue weighted by molar-refractivity contribution is -0.0196. The van der Waals surface area contributed by atoms with E-state index in [1.807, 2.05) is 24.0 Å². The zero-order chi connectivity index (χ0) is 18.5. The van der Waals surface area contributed by atoms with Crippen molar-refractivity contribution in [2.24, 2.45) is 5.92 Å². The molecule has 0 saturated carbocycles. The zero-order valence-electron chi connectivity index (χ0n) is 15.5. The third kappa shape index (κ3) is 4.58. The summed E-state index contributed by atoms with van der Waals surface area (Å²) in [5.74, 6) is 0.445. The Kier molecular flexibility index (Phi) is 6.92. The highest BCUT2D eigenvalue weighted by molar-refractivity contribution is 6.31. The molecule has 1 aromatic rings. The van der Waals surface area contributed by atoms with Gasteiger partial charge in [0.25, 0.3) is 5.91 Å². The Morgan fingerprint density at radius 2 is 2.08 bits per heavy atom. The topological polar surface area (TPSA) is 53.0 Å². The second-order valence-electron chi connectivity index (χ2n) is 7.35. The second kappa shape index (κ2) is 9.18. The minimum Gasteiger partial charge on any atom is -0.396 e. The Balaban J connectivity index is 1.70. The summed E-state index contributed by atoms with van der Waals surface area (Å²) in [4.78, 5) is 17.4.